The van der Waals surface area contributed by atoms with Crippen molar-refractivity contribution in [2.75, 3.05) is 7.11 Å². The van der Waals surface area contributed by atoms with E-state index in [1.807, 2.05) is 31.2 Å². The van der Waals surface area contributed by atoms with Gasteiger partial charge in [0.2, 0.25) is 9.84 Å². The number of aromatic nitrogens is 1. The number of aliphatic imine (C=N–C) groups is 1. The van der Waals surface area contributed by atoms with E-state index >= 15 is 0 Å². The fourth-order valence-electron chi connectivity index (χ4n) is 2.95. The molecule has 2 aromatic carbocycles. The third kappa shape index (κ3) is 2.59. The van der Waals surface area contributed by atoms with Crippen LogP contribution in [0.1, 0.15) is 16.7 Å². The molecule has 26 heavy (non-hydrogen) atoms. The van der Waals surface area contributed by atoms with Crippen molar-refractivity contribution in [3.63, 3.8) is 0 Å². The normalized spacial score (nSPS) is 14.6. The van der Waals surface area contributed by atoms with E-state index in [4.69, 9.17) is 4.74 Å². The third-order valence-corrected chi connectivity index (χ3v) is 6.05. The SMILES string of the molecule is COc1ccc2c(c1)C(c1ccc(C)cc1)=Nc1cccnc1S2(=O)=O. The quantitative estimate of drug-likeness (QED) is 0.544. The van der Waals surface area contributed by atoms with E-state index in [0.29, 0.717) is 22.7 Å². The van der Waals surface area contributed by atoms with Crippen molar-refractivity contribution >= 4 is 21.2 Å². The zero-order valence-corrected chi connectivity index (χ0v) is 15.1. The lowest BCUT2D eigenvalue weighted by Gasteiger charge is -2.11. The van der Waals surface area contributed by atoms with Crippen molar-refractivity contribution in [2.45, 2.75) is 16.8 Å². The summed E-state index contributed by atoms with van der Waals surface area (Å²) in [5.41, 5.74) is 3.36. The molecule has 3 aromatic rings. The molecule has 0 radical (unpaired) electrons. The van der Waals surface area contributed by atoms with E-state index in [0.717, 1.165) is 11.1 Å². The van der Waals surface area contributed by atoms with Gasteiger partial charge in [-0.2, -0.15) is 0 Å². The second-order valence-corrected chi connectivity index (χ2v) is 7.85. The Labute approximate surface area is 151 Å². The summed E-state index contributed by atoms with van der Waals surface area (Å²) in [6.45, 7) is 2.00. The van der Waals surface area contributed by atoms with Gasteiger partial charge in [0.05, 0.1) is 17.7 Å². The lowest BCUT2D eigenvalue weighted by atomic mass is 10.0. The first-order chi connectivity index (χ1) is 12.5. The van der Waals surface area contributed by atoms with E-state index in [1.165, 1.54) is 6.20 Å². The Kier molecular flexibility index (Phi) is 3.85. The molecule has 0 bridgehead atoms. The first-order valence-electron chi connectivity index (χ1n) is 8.05. The summed E-state index contributed by atoms with van der Waals surface area (Å²) in [5.74, 6) is 0.567. The standard InChI is InChI=1S/C20H16N2O3S/c1-13-5-7-14(8-6-13)19-16-12-15(25-2)9-10-18(16)26(23,24)20-17(22-19)4-3-11-21-20/h3-12H,1-2H3. The number of aryl methyl sites for hydroxylation is 1. The molecule has 0 saturated carbocycles. The lowest BCUT2D eigenvalue weighted by molar-refractivity contribution is 0.414. The number of hydrogen-bond donors (Lipinski definition) is 0. The molecule has 1 aliphatic heterocycles. The van der Waals surface area contributed by atoms with Crippen LogP contribution in [0.2, 0.25) is 0 Å². The fraction of sp³-hybridized carbons (Fsp3) is 0.100. The van der Waals surface area contributed by atoms with E-state index in [1.54, 1.807) is 37.4 Å². The molecule has 0 atom stereocenters. The highest BCUT2D eigenvalue weighted by atomic mass is 32.2. The van der Waals surface area contributed by atoms with Gasteiger partial charge in [0.1, 0.15) is 11.4 Å². The minimum Gasteiger partial charge on any atom is -0.497 e. The number of fused-ring (bicyclic) bond motifs is 2. The van der Waals surface area contributed by atoms with Crippen molar-refractivity contribution < 1.29 is 13.2 Å². The van der Waals surface area contributed by atoms with Crippen molar-refractivity contribution in [3.8, 4) is 5.75 Å². The molecule has 4 rings (SSSR count). The number of nitrogens with zero attached hydrogens (tertiary/aromatic N) is 2. The average Bonchev–Trinajstić information content (AvgIpc) is 2.75. The van der Waals surface area contributed by atoms with Crippen LogP contribution in [0.5, 0.6) is 5.75 Å². The smallest absolute Gasteiger partial charge is 0.226 e. The van der Waals surface area contributed by atoms with Crippen LogP contribution in [0.4, 0.5) is 5.69 Å². The van der Waals surface area contributed by atoms with Crippen LogP contribution in [0.25, 0.3) is 0 Å². The molecule has 1 aromatic heterocycles. The van der Waals surface area contributed by atoms with Gasteiger partial charge in [-0.25, -0.2) is 18.4 Å². The summed E-state index contributed by atoms with van der Waals surface area (Å²) >= 11 is 0. The molecular formula is C20H16N2O3S. The number of sulfone groups is 1. The fourth-order valence-corrected chi connectivity index (χ4v) is 4.44. The minimum absolute atomic E-state index is 0.0338. The Bertz CT molecular complexity index is 1130. The maximum absolute atomic E-state index is 13.2. The highest BCUT2D eigenvalue weighted by Gasteiger charge is 2.31. The van der Waals surface area contributed by atoms with Crippen LogP contribution in [-0.2, 0) is 9.84 Å². The van der Waals surface area contributed by atoms with Crippen LogP contribution in [0.3, 0.4) is 0 Å². The van der Waals surface area contributed by atoms with Crippen LogP contribution in [0, 0.1) is 6.92 Å². The maximum Gasteiger partial charge on any atom is 0.226 e. The van der Waals surface area contributed by atoms with Gasteiger partial charge in [-0.05, 0) is 37.3 Å². The molecule has 0 unspecified atom stereocenters. The summed E-state index contributed by atoms with van der Waals surface area (Å²) in [4.78, 5) is 8.94. The van der Waals surface area contributed by atoms with Crippen LogP contribution >= 0.6 is 0 Å². The molecule has 0 fully saturated rings. The predicted molar refractivity (Wildman–Crippen MR) is 99.2 cm³/mol. The molecular weight excluding hydrogens is 348 g/mol. The number of pyridine rings is 1. The van der Waals surface area contributed by atoms with Crippen molar-refractivity contribution in [3.05, 3.63) is 77.5 Å². The molecule has 0 saturated heterocycles. The second-order valence-electron chi connectivity index (χ2n) is 6.02. The third-order valence-electron chi connectivity index (χ3n) is 4.29. The van der Waals surface area contributed by atoms with E-state index < -0.39 is 9.84 Å². The largest absolute Gasteiger partial charge is 0.497 e. The maximum atomic E-state index is 13.2. The highest BCUT2D eigenvalue weighted by molar-refractivity contribution is 7.91. The summed E-state index contributed by atoms with van der Waals surface area (Å²) in [5, 5.41) is -0.0338. The number of ether oxygens (including phenoxy) is 1. The lowest BCUT2D eigenvalue weighted by Crippen LogP contribution is -2.10. The van der Waals surface area contributed by atoms with Gasteiger partial charge in [-0.15, -0.1) is 0 Å². The van der Waals surface area contributed by atoms with E-state index in [2.05, 4.69) is 9.98 Å². The van der Waals surface area contributed by atoms with Gasteiger partial charge in [-0.1, -0.05) is 29.8 Å². The van der Waals surface area contributed by atoms with Crippen molar-refractivity contribution in [1.82, 2.24) is 4.98 Å². The molecule has 130 valence electrons. The molecule has 2 heterocycles. The predicted octanol–water partition coefficient (Wildman–Crippen LogP) is 3.71. The van der Waals surface area contributed by atoms with Crippen LogP contribution in [0.15, 0.2) is 75.7 Å². The van der Waals surface area contributed by atoms with Crippen LogP contribution < -0.4 is 4.74 Å². The van der Waals surface area contributed by atoms with Crippen molar-refractivity contribution in [2.24, 2.45) is 4.99 Å². The van der Waals surface area contributed by atoms with E-state index in [-0.39, 0.29) is 9.92 Å². The monoisotopic (exact) mass is 364 g/mol. The first-order valence-corrected chi connectivity index (χ1v) is 9.53. The van der Waals surface area contributed by atoms with Gasteiger partial charge in [-0.3, -0.25) is 0 Å². The Morgan fingerprint density at radius 2 is 1.77 bits per heavy atom. The summed E-state index contributed by atoms with van der Waals surface area (Å²) < 4.78 is 31.6. The molecule has 0 amide bonds. The molecule has 5 nitrogen and oxygen atoms in total. The van der Waals surface area contributed by atoms with Crippen LogP contribution in [-0.4, -0.2) is 26.2 Å². The number of benzene rings is 2. The summed E-state index contributed by atoms with van der Waals surface area (Å²) in [7, 11) is -2.25. The number of methoxy groups -OCH3 is 1. The topological polar surface area (TPSA) is 68.6 Å². The van der Waals surface area contributed by atoms with E-state index in [9.17, 15) is 8.42 Å². The molecule has 0 N–H and O–H groups in total. The van der Waals surface area contributed by atoms with Gasteiger partial charge >= 0.3 is 0 Å². The zero-order valence-electron chi connectivity index (χ0n) is 14.3. The van der Waals surface area contributed by atoms with Crippen molar-refractivity contribution in [1.29, 1.82) is 0 Å². The minimum atomic E-state index is -3.79. The summed E-state index contributed by atoms with van der Waals surface area (Å²) in [6.07, 6.45) is 1.46. The van der Waals surface area contributed by atoms with Gasteiger partial charge in [0.15, 0.2) is 5.03 Å². The Hall–Kier alpha value is -2.99. The molecule has 6 heteroatoms. The Balaban J connectivity index is 2.10. The zero-order chi connectivity index (χ0) is 18.3. The van der Waals surface area contributed by atoms with Gasteiger partial charge < -0.3 is 4.74 Å². The second kappa shape index (κ2) is 6.07. The average molecular weight is 364 g/mol. The van der Waals surface area contributed by atoms with Gasteiger partial charge in [0.25, 0.3) is 0 Å². The highest BCUT2D eigenvalue weighted by Crippen LogP contribution is 2.36. The van der Waals surface area contributed by atoms with Gasteiger partial charge in [0, 0.05) is 17.3 Å². The Morgan fingerprint density at radius 1 is 1.00 bits per heavy atom. The number of rotatable bonds is 2. The molecule has 0 aliphatic carbocycles. The summed E-state index contributed by atoms with van der Waals surface area (Å²) in [6, 6.07) is 16.1. The molecule has 1 aliphatic rings. The Morgan fingerprint density at radius 3 is 2.50 bits per heavy atom. The number of hydrogen-bond acceptors (Lipinski definition) is 5. The first kappa shape index (κ1) is 16.5. The molecule has 0 spiro atoms.